The number of anilines is 1. The van der Waals surface area contributed by atoms with Crippen LogP contribution in [0, 0.1) is 5.92 Å². The number of rotatable bonds is 4. The number of nitrogens with one attached hydrogen (secondary N) is 1. The fraction of sp³-hybridized carbons (Fsp3) is 0.600. The van der Waals surface area contributed by atoms with Crippen molar-refractivity contribution in [1.29, 1.82) is 0 Å². The molecule has 2 rings (SSSR count). The summed E-state index contributed by atoms with van der Waals surface area (Å²) in [7, 11) is 0. The average molecular weight is 261 g/mol. The van der Waals surface area contributed by atoms with Crippen molar-refractivity contribution in [3.05, 3.63) is 23.9 Å². The van der Waals surface area contributed by atoms with Crippen LogP contribution in [-0.4, -0.2) is 35.4 Å². The topological polar surface area (TPSA) is 45.2 Å². The molecule has 2 heterocycles. The van der Waals surface area contributed by atoms with Crippen LogP contribution in [0.5, 0.6) is 0 Å². The Balaban J connectivity index is 2.02. The quantitative estimate of drug-likeness (QED) is 0.906. The zero-order chi connectivity index (χ0) is 13.7. The number of carbonyl (C=O) groups is 1. The van der Waals surface area contributed by atoms with E-state index in [1.807, 2.05) is 24.0 Å². The third-order valence-corrected chi connectivity index (χ3v) is 3.75. The third kappa shape index (κ3) is 3.46. The Morgan fingerprint density at radius 2 is 2.32 bits per heavy atom. The Hall–Kier alpha value is -1.58. The summed E-state index contributed by atoms with van der Waals surface area (Å²) in [5.74, 6) is 1.60. The fourth-order valence-corrected chi connectivity index (χ4v) is 2.57. The van der Waals surface area contributed by atoms with Crippen LogP contribution >= 0.6 is 0 Å². The van der Waals surface area contributed by atoms with Gasteiger partial charge in [0.25, 0.3) is 5.91 Å². The molecule has 1 N–H and O–H groups in total. The highest BCUT2D eigenvalue weighted by Gasteiger charge is 2.23. The molecular weight excluding hydrogens is 238 g/mol. The van der Waals surface area contributed by atoms with Crippen molar-refractivity contribution in [2.24, 2.45) is 5.92 Å². The van der Waals surface area contributed by atoms with Gasteiger partial charge < -0.3 is 10.2 Å². The minimum Gasteiger partial charge on any atom is -0.370 e. The second-order valence-electron chi connectivity index (χ2n) is 5.13. The summed E-state index contributed by atoms with van der Waals surface area (Å²) in [4.78, 5) is 18.6. The summed E-state index contributed by atoms with van der Waals surface area (Å²) in [6.07, 6.45) is 5.20. The maximum atomic E-state index is 12.4. The number of hydrogen-bond acceptors (Lipinski definition) is 3. The van der Waals surface area contributed by atoms with E-state index >= 15 is 0 Å². The van der Waals surface area contributed by atoms with Crippen LogP contribution in [0.4, 0.5) is 5.82 Å². The first-order valence-corrected chi connectivity index (χ1v) is 7.23. The lowest BCUT2D eigenvalue weighted by Crippen LogP contribution is -2.39. The minimum absolute atomic E-state index is 0.119. The summed E-state index contributed by atoms with van der Waals surface area (Å²) < 4.78 is 0. The highest BCUT2D eigenvalue weighted by atomic mass is 16.2. The number of pyridine rings is 1. The standard InChI is InChI=1S/C15H23N3O/c1-3-12-6-5-9-18(11-12)15(19)13-7-8-14(16-4-2)17-10-13/h7-8,10,12H,3-6,9,11H2,1-2H3,(H,16,17). The monoisotopic (exact) mass is 261 g/mol. The van der Waals surface area contributed by atoms with Crippen molar-refractivity contribution < 1.29 is 4.79 Å². The SMILES string of the molecule is CCNc1ccc(C(=O)N2CCCC(CC)C2)cn1. The molecule has 19 heavy (non-hydrogen) atoms. The van der Waals surface area contributed by atoms with E-state index in [-0.39, 0.29) is 5.91 Å². The van der Waals surface area contributed by atoms with E-state index in [0.29, 0.717) is 11.5 Å². The van der Waals surface area contributed by atoms with Gasteiger partial charge in [0, 0.05) is 25.8 Å². The van der Waals surface area contributed by atoms with Crippen molar-refractivity contribution in [3.8, 4) is 0 Å². The normalized spacial score (nSPS) is 19.3. The summed E-state index contributed by atoms with van der Waals surface area (Å²) in [6.45, 7) is 6.84. The first-order valence-electron chi connectivity index (χ1n) is 7.23. The molecule has 1 saturated heterocycles. The summed E-state index contributed by atoms with van der Waals surface area (Å²) in [5.41, 5.74) is 0.693. The Morgan fingerprint density at radius 3 is 2.95 bits per heavy atom. The van der Waals surface area contributed by atoms with E-state index in [9.17, 15) is 4.79 Å². The van der Waals surface area contributed by atoms with E-state index in [2.05, 4.69) is 17.2 Å². The van der Waals surface area contributed by atoms with Crippen molar-refractivity contribution in [2.45, 2.75) is 33.1 Å². The Morgan fingerprint density at radius 1 is 1.47 bits per heavy atom. The predicted molar refractivity (Wildman–Crippen MR) is 77.3 cm³/mol. The number of aromatic nitrogens is 1. The lowest BCUT2D eigenvalue weighted by Gasteiger charge is -2.32. The molecule has 1 fully saturated rings. The van der Waals surface area contributed by atoms with Crippen molar-refractivity contribution in [3.63, 3.8) is 0 Å². The summed E-state index contributed by atoms with van der Waals surface area (Å²) in [6, 6.07) is 3.74. The maximum absolute atomic E-state index is 12.4. The summed E-state index contributed by atoms with van der Waals surface area (Å²) >= 11 is 0. The molecule has 1 aliphatic rings. The van der Waals surface area contributed by atoms with Crippen molar-refractivity contribution in [1.82, 2.24) is 9.88 Å². The van der Waals surface area contributed by atoms with Crippen LogP contribution in [0.15, 0.2) is 18.3 Å². The largest absolute Gasteiger partial charge is 0.370 e. The Kier molecular flexibility index (Phi) is 4.77. The molecular formula is C15H23N3O. The van der Waals surface area contributed by atoms with E-state index in [4.69, 9.17) is 0 Å². The van der Waals surface area contributed by atoms with Crippen LogP contribution in [0.3, 0.4) is 0 Å². The summed E-state index contributed by atoms with van der Waals surface area (Å²) in [5, 5.41) is 3.13. The number of amides is 1. The molecule has 1 aliphatic heterocycles. The Labute approximate surface area is 115 Å². The van der Waals surface area contributed by atoms with Crippen LogP contribution in [0.2, 0.25) is 0 Å². The van der Waals surface area contributed by atoms with Gasteiger partial charge in [0.15, 0.2) is 0 Å². The lowest BCUT2D eigenvalue weighted by atomic mass is 9.95. The second-order valence-corrected chi connectivity index (χ2v) is 5.13. The van der Waals surface area contributed by atoms with Crippen LogP contribution in [0.25, 0.3) is 0 Å². The molecule has 0 radical (unpaired) electrons. The molecule has 4 nitrogen and oxygen atoms in total. The number of carbonyl (C=O) groups excluding carboxylic acids is 1. The van der Waals surface area contributed by atoms with Crippen molar-refractivity contribution >= 4 is 11.7 Å². The zero-order valence-corrected chi connectivity index (χ0v) is 11.9. The van der Waals surface area contributed by atoms with Gasteiger partial charge in [0.05, 0.1) is 5.56 Å². The molecule has 0 spiro atoms. The van der Waals surface area contributed by atoms with Crippen LogP contribution < -0.4 is 5.32 Å². The molecule has 1 unspecified atom stereocenters. The molecule has 104 valence electrons. The molecule has 1 aromatic rings. The van der Waals surface area contributed by atoms with Gasteiger partial charge in [-0.1, -0.05) is 13.3 Å². The molecule has 0 aromatic carbocycles. The molecule has 4 heteroatoms. The molecule has 0 saturated carbocycles. The van der Waals surface area contributed by atoms with Crippen LogP contribution in [-0.2, 0) is 0 Å². The number of hydrogen-bond donors (Lipinski definition) is 1. The molecule has 1 aromatic heterocycles. The van der Waals surface area contributed by atoms with E-state index < -0.39 is 0 Å². The first kappa shape index (κ1) is 13.8. The van der Waals surface area contributed by atoms with Crippen LogP contribution in [0.1, 0.15) is 43.5 Å². The Bertz CT molecular complexity index is 416. The van der Waals surface area contributed by atoms with Crippen molar-refractivity contribution in [2.75, 3.05) is 25.0 Å². The number of nitrogens with zero attached hydrogens (tertiary/aromatic N) is 2. The smallest absolute Gasteiger partial charge is 0.255 e. The predicted octanol–water partition coefficient (Wildman–Crippen LogP) is 2.78. The lowest BCUT2D eigenvalue weighted by molar-refractivity contribution is 0.0671. The molecule has 1 atom stereocenters. The molecule has 1 amide bonds. The van der Waals surface area contributed by atoms with Gasteiger partial charge in [-0.15, -0.1) is 0 Å². The van der Waals surface area contributed by atoms with Gasteiger partial charge in [0.1, 0.15) is 5.82 Å². The number of likely N-dealkylation sites (tertiary alicyclic amines) is 1. The zero-order valence-electron chi connectivity index (χ0n) is 11.9. The molecule has 0 aliphatic carbocycles. The van der Waals surface area contributed by atoms with Gasteiger partial charge in [-0.25, -0.2) is 4.98 Å². The van der Waals surface area contributed by atoms with E-state index in [1.54, 1.807) is 6.20 Å². The minimum atomic E-state index is 0.119. The van der Waals surface area contributed by atoms with E-state index in [1.165, 1.54) is 6.42 Å². The third-order valence-electron chi connectivity index (χ3n) is 3.75. The van der Waals surface area contributed by atoms with Gasteiger partial charge in [-0.05, 0) is 37.8 Å². The highest BCUT2D eigenvalue weighted by Crippen LogP contribution is 2.20. The number of piperidine rings is 1. The average Bonchev–Trinajstić information content (AvgIpc) is 2.48. The fourth-order valence-electron chi connectivity index (χ4n) is 2.57. The van der Waals surface area contributed by atoms with Gasteiger partial charge in [-0.2, -0.15) is 0 Å². The maximum Gasteiger partial charge on any atom is 0.255 e. The second kappa shape index (κ2) is 6.55. The first-order chi connectivity index (χ1) is 9.24. The van der Waals surface area contributed by atoms with E-state index in [0.717, 1.165) is 38.3 Å². The molecule has 0 bridgehead atoms. The highest BCUT2D eigenvalue weighted by molar-refractivity contribution is 5.94. The van der Waals surface area contributed by atoms with Gasteiger partial charge >= 0.3 is 0 Å². The van der Waals surface area contributed by atoms with Gasteiger partial charge in [-0.3, -0.25) is 4.79 Å². The van der Waals surface area contributed by atoms with Gasteiger partial charge in [0.2, 0.25) is 0 Å².